The highest BCUT2D eigenvalue weighted by molar-refractivity contribution is 5.85. The van der Waals surface area contributed by atoms with Crippen LogP contribution >= 0.6 is 12.4 Å². The monoisotopic (exact) mass is 277 g/mol. The summed E-state index contributed by atoms with van der Waals surface area (Å²) in [6, 6.07) is 0.806. The first-order valence-corrected chi connectivity index (χ1v) is 6.71. The number of hydrogen-bond donors (Lipinski definition) is 2. The zero-order valence-electron chi connectivity index (χ0n) is 12.0. The number of carbonyl (C=O) groups is 1. The van der Waals surface area contributed by atoms with E-state index in [2.05, 4.69) is 43.4 Å². The van der Waals surface area contributed by atoms with Crippen LogP contribution in [0.15, 0.2) is 0 Å². The Morgan fingerprint density at radius 1 is 1.33 bits per heavy atom. The minimum absolute atomic E-state index is 0. The van der Waals surface area contributed by atoms with Crippen LogP contribution in [0.3, 0.4) is 0 Å². The number of carbonyl (C=O) groups excluding carboxylic acids is 1. The Labute approximate surface area is 117 Å². The van der Waals surface area contributed by atoms with Crippen LogP contribution in [0.1, 0.15) is 33.6 Å². The third-order valence-electron chi connectivity index (χ3n) is 3.71. The number of piperidine rings is 1. The van der Waals surface area contributed by atoms with Gasteiger partial charge in [-0.1, -0.05) is 13.8 Å². The maximum atomic E-state index is 11.8. The van der Waals surface area contributed by atoms with Gasteiger partial charge in [0.25, 0.3) is 0 Å². The summed E-state index contributed by atoms with van der Waals surface area (Å²) < 4.78 is 0. The summed E-state index contributed by atoms with van der Waals surface area (Å²) in [6.45, 7) is 8.97. The molecule has 108 valence electrons. The van der Waals surface area contributed by atoms with Crippen molar-refractivity contribution in [2.24, 2.45) is 5.92 Å². The smallest absolute Gasteiger partial charge is 0.234 e. The predicted octanol–water partition coefficient (Wildman–Crippen LogP) is 1.25. The van der Waals surface area contributed by atoms with Gasteiger partial charge in [-0.05, 0) is 45.8 Å². The first-order valence-electron chi connectivity index (χ1n) is 6.71. The first-order chi connectivity index (χ1) is 8.00. The van der Waals surface area contributed by atoms with Crippen molar-refractivity contribution in [3.05, 3.63) is 0 Å². The summed E-state index contributed by atoms with van der Waals surface area (Å²) in [5.41, 5.74) is 0. The van der Waals surface area contributed by atoms with E-state index in [1.165, 1.54) is 0 Å². The van der Waals surface area contributed by atoms with Crippen molar-refractivity contribution >= 4 is 18.3 Å². The van der Waals surface area contributed by atoms with Gasteiger partial charge in [0.05, 0.1) is 6.54 Å². The molecule has 0 spiro atoms. The van der Waals surface area contributed by atoms with E-state index in [1.807, 2.05) is 0 Å². The SMILES string of the molecule is CC(C)C(C)NC(=O)CN(C)C1CCNCC1.Cl. The number of nitrogens with zero attached hydrogens (tertiary/aromatic N) is 1. The lowest BCUT2D eigenvalue weighted by Gasteiger charge is -2.31. The molecule has 1 amide bonds. The lowest BCUT2D eigenvalue weighted by Crippen LogP contribution is -2.47. The quantitative estimate of drug-likeness (QED) is 0.795. The van der Waals surface area contributed by atoms with Crippen LogP contribution < -0.4 is 10.6 Å². The Kier molecular flexibility index (Phi) is 8.57. The highest BCUT2D eigenvalue weighted by atomic mass is 35.5. The predicted molar refractivity (Wildman–Crippen MR) is 78.2 cm³/mol. The van der Waals surface area contributed by atoms with Crippen molar-refractivity contribution in [3.63, 3.8) is 0 Å². The van der Waals surface area contributed by atoms with Crippen molar-refractivity contribution in [2.45, 2.75) is 45.7 Å². The zero-order valence-corrected chi connectivity index (χ0v) is 12.8. The van der Waals surface area contributed by atoms with Crippen molar-refractivity contribution in [2.75, 3.05) is 26.7 Å². The fourth-order valence-corrected chi connectivity index (χ4v) is 2.07. The first kappa shape index (κ1) is 17.7. The van der Waals surface area contributed by atoms with Crippen LogP contribution in [0, 0.1) is 5.92 Å². The second kappa shape index (κ2) is 8.73. The van der Waals surface area contributed by atoms with E-state index in [0.717, 1.165) is 25.9 Å². The molecule has 1 saturated heterocycles. The topological polar surface area (TPSA) is 44.4 Å². The maximum absolute atomic E-state index is 11.8. The Hall–Kier alpha value is -0.320. The molecular formula is C13H28ClN3O. The molecule has 1 heterocycles. The maximum Gasteiger partial charge on any atom is 0.234 e. The molecule has 4 nitrogen and oxygen atoms in total. The molecule has 1 rings (SSSR count). The minimum atomic E-state index is 0. The lowest BCUT2D eigenvalue weighted by molar-refractivity contribution is -0.123. The molecule has 0 aromatic carbocycles. The summed E-state index contributed by atoms with van der Waals surface area (Å²) in [7, 11) is 2.05. The van der Waals surface area contributed by atoms with E-state index in [-0.39, 0.29) is 24.4 Å². The summed E-state index contributed by atoms with van der Waals surface area (Å²) in [5, 5.41) is 6.40. The van der Waals surface area contributed by atoms with E-state index < -0.39 is 0 Å². The molecule has 5 heteroatoms. The van der Waals surface area contributed by atoms with Gasteiger partial charge < -0.3 is 10.6 Å². The van der Waals surface area contributed by atoms with E-state index in [1.54, 1.807) is 0 Å². The van der Waals surface area contributed by atoms with Crippen LogP contribution in [0.25, 0.3) is 0 Å². The molecule has 1 fully saturated rings. The van der Waals surface area contributed by atoms with Gasteiger partial charge in [0.1, 0.15) is 0 Å². The average molecular weight is 278 g/mol. The molecular weight excluding hydrogens is 250 g/mol. The molecule has 0 saturated carbocycles. The molecule has 0 bridgehead atoms. The van der Waals surface area contributed by atoms with Crippen LogP contribution in [-0.4, -0.2) is 49.6 Å². The van der Waals surface area contributed by atoms with Crippen molar-refractivity contribution < 1.29 is 4.79 Å². The number of rotatable bonds is 5. The molecule has 1 unspecified atom stereocenters. The van der Waals surface area contributed by atoms with E-state index in [9.17, 15) is 4.79 Å². The van der Waals surface area contributed by atoms with E-state index >= 15 is 0 Å². The Balaban J connectivity index is 0.00000289. The Bertz CT molecular complexity index is 242. The van der Waals surface area contributed by atoms with Crippen molar-refractivity contribution in [1.29, 1.82) is 0 Å². The fourth-order valence-electron chi connectivity index (χ4n) is 2.07. The highest BCUT2D eigenvalue weighted by Gasteiger charge is 2.20. The van der Waals surface area contributed by atoms with Gasteiger partial charge in [-0.3, -0.25) is 9.69 Å². The normalized spacial score (nSPS) is 18.6. The number of halogens is 1. The van der Waals surface area contributed by atoms with E-state index in [4.69, 9.17) is 0 Å². The Morgan fingerprint density at radius 3 is 2.39 bits per heavy atom. The van der Waals surface area contributed by atoms with Crippen LogP contribution in [0.2, 0.25) is 0 Å². The third kappa shape index (κ3) is 6.03. The summed E-state index contributed by atoms with van der Waals surface area (Å²) in [6.07, 6.45) is 2.28. The molecule has 0 radical (unpaired) electrons. The van der Waals surface area contributed by atoms with Crippen LogP contribution in [0.4, 0.5) is 0 Å². The summed E-state index contributed by atoms with van der Waals surface area (Å²) in [5.74, 6) is 0.635. The third-order valence-corrected chi connectivity index (χ3v) is 3.71. The zero-order chi connectivity index (χ0) is 12.8. The van der Waals surface area contributed by atoms with Gasteiger partial charge in [-0.25, -0.2) is 0 Å². The van der Waals surface area contributed by atoms with Gasteiger partial charge in [-0.15, -0.1) is 12.4 Å². The molecule has 0 aromatic rings. The molecule has 1 aliphatic heterocycles. The number of nitrogens with one attached hydrogen (secondary N) is 2. The van der Waals surface area contributed by atoms with Gasteiger partial charge >= 0.3 is 0 Å². The average Bonchev–Trinajstić information content (AvgIpc) is 2.29. The summed E-state index contributed by atoms with van der Waals surface area (Å²) in [4.78, 5) is 14.0. The summed E-state index contributed by atoms with van der Waals surface area (Å²) >= 11 is 0. The number of hydrogen-bond acceptors (Lipinski definition) is 3. The minimum Gasteiger partial charge on any atom is -0.352 e. The standard InChI is InChI=1S/C13H27N3O.ClH/c1-10(2)11(3)15-13(17)9-16(4)12-5-7-14-8-6-12;/h10-12,14H,5-9H2,1-4H3,(H,15,17);1H. The van der Waals surface area contributed by atoms with Crippen molar-refractivity contribution in [1.82, 2.24) is 15.5 Å². The number of likely N-dealkylation sites (N-methyl/N-ethyl adjacent to an activating group) is 1. The molecule has 1 aliphatic rings. The molecule has 18 heavy (non-hydrogen) atoms. The molecule has 2 N–H and O–H groups in total. The van der Waals surface area contributed by atoms with Gasteiger partial charge in [0.2, 0.25) is 5.91 Å². The van der Waals surface area contributed by atoms with E-state index in [0.29, 0.717) is 18.5 Å². The largest absolute Gasteiger partial charge is 0.352 e. The van der Waals surface area contributed by atoms with Crippen LogP contribution in [-0.2, 0) is 4.79 Å². The fraction of sp³-hybridized carbons (Fsp3) is 0.923. The van der Waals surface area contributed by atoms with Gasteiger partial charge in [0, 0.05) is 12.1 Å². The Morgan fingerprint density at radius 2 is 1.89 bits per heavy atom. The van der Waals surface area contributed by atoms with Gasteiger partial charge in [0.15, 0.2) is 0 Å². The van der Waals surface area contributed by atoms with Crippen LogP contribution in [0.5, 0.6) is 0 Å². The number of amides is 1. The second-order valence-electron chi connectivity index (χ2n) is 5.50. The lowest BCUT2D eigenvalue weighted by atomic mass is 10.1. The van der Waals surface area contributed by atoms with Gasteiger partial charge in [-0.2, -0.15) is 0 Å². The molecule has 0 aliphatic carbocycles. The molecule has 1 atom stereocenters. The second-order valence-corrected chi connectivity index (χ2v) is 5.50. The molecule has 0 aromatic heterocycles. The highest BCUT2D eigenvalue weighted by Crippen LogP contribution is 2.09. The van der Waals surface area contributed by atoms with Crippen molar-refractivity contribution in [3.8, 4) is 0 Å².